The predicted molar refractivity (Wildman–Crippen MR) is 25.7 cm³/mol. The van der Waals surface area contributed by atoms with E-state index in [4.69, 9.17) is 19.2 Å². The maximum atomic E-state index is 10.3. The summed E-state index contributed by atoms with van der Waals surface area (Å²) in [5.74, 6) is 0. The van der Waals surface area contributed by atoms with Crippen LogP contribution in [0.4, 0.5) is 17.6 Å². The van der Waals surface area contributed by atoms with E-state index in [0.717, 1.165) is 0 Å². The fourth-order valence-corrected chi connectivity index (χ4v) is 0. The summed E-state index contributed by atoms with van der Waals surface area (Å²) in [6.07, 6.45) is -5.81. The Balaban J connectivity index is 0. The van der Waals surface area contributed by atoms with Crippen LogP contribution >= 0.6 is 7.82 Å². The van der Waals surface area contributed by atoms with Gasteiger partial charge in [0.1, 0.15) is 0 Å². The van der Waals surface area contributed by atoms with Crippen molar-refractivity contribution in [2.45, 2.75) is 0 Å². The lowest BCUT2D eigenvalue weighted by molar-refractivity contribution is 0.275. The Morgan fingerprint density at radius 1 is 0.909 bits per heavy atom. The van der Waals surface area contributed by atoms with Gasteiger partial charge in [0, 0.05) is 0 Å². The molecule has 0 aromatic carbocycles. The third-order valence-electron chi connectivity index (χ3n) is 0.143. The standard InChI is InChI=1S/C2F4.H3O4P/c3-1(4)2(5)6;1-5(2,3)4/h;(H3,1,2,3,4). The van der Waals surface area contributed by atoms with Gasteiger partial charge in [-0.1, -0.05) is 0 Å². The number of hydrogen-bond donors (Lipinski definition) is 3. The average Bonchev–Trinajstić information content (AvgIpc) is 1.59. The van der Waals surface area contributed by atoms with Crippen LogP contribution in [-0.2, 0) is 4.57 Å². The second kappa shape index (κ2) is 5.25. The van der Waals surface area contributed by atoms with Crippen molar-refractivity contribution >= 4 is 7.82 Å². The molecule has 0 unspecified atom stereocenters. The molecule has 0 spiro atoms. The summed E-state index contributed by atoms with van der Waals surface area (Å²) in [6.45, 7) is 0. The molecule has 0 amide bonds. The smallest absolute Gasteiger partial charge is 0.303 e. The highest BCUT2D eigenvalue weighted by Gasteiger charge is 2.00. The molecule has 68 valence electrons. The van der Waals surface area contributed by atoms with E-state index in [1.165, 1.54) is 0 Å². The fraction of sp³-hybridized carbons (Fsp3) is 0. The molecule has 0 fully saturated rings. The van der Waals surface area contributed by atoms with Crippen LogP contribution < -0.4 is 0 Å². The van der Waals surface area contributed by atoms with E-state index in [9.17, 15) is 17.6 Å². The zero-order valence-corrected chi connectivity index (χ0v) is 5.60. The molecule has 0 saturated heterocycles. The molecule has 0 heterocycles. The topological polar surface area (TPSA) is 77.8 Å². The van der Waals surface area contributed by atoms with E-state index in [1.54, 1.807) is 0 Å². The van der Waals surface area contributed by atoms with Crippen molar-refractivity contribution < 1.29 is 36.8 Å². The molecule has 0 aromatic rings. The molecule has 0 saturated carbocycles. The monoisotopic (exact) mass is 198 g/mol. The first-order valence-corrected chi connectivity index (χ1v) is 3.35. The second-order valence-electron chi connectivity index (χ2n) is 1.03. The largest absolute Gasteiger partial charge is 0.466 e. The summed E-state index contributed by atoms with van der Waals surface area (Å²) in [5, 5.41) is 0. The first kappa shape index (κ1) is 13.2. The summed E-state index contributed by atoms with van der Waals surface area (Å²) in [5.41, 5.74) is 0. The van der Waals surface area contributed by atoms with Crippen LogP contribution in [0.3, 0.4) is 0 Å². The highest BCUT2D eigenvalue weighted by atomic mass is 31.2. The van der Waals surface area contributed by atoms with Crippen molar-refractivity contribution in [3.8, 4) is 0 Å². The zero-order valence-electron chi connectivity index (χ0n) is 4.71. The molecule has 0 bridgehead atoms. The van der Waals surface area contributed by atoms with Gasteiger partial charge in [-0.2, -0.15) is 17.6 Å². The van der Waals surface area contributed by atoms with Crippen molar-refractivity contribution in [1.82, 2.24) is 0 Å². The molecule has 0 radical (unpaired) electrons. The Bertz CT molecular complexity index is 158. The first-order valence-electron chi connectivity index (χ1n) is 1.79. The van der Waals surface area contributed by atoms with Gasteiger partial charge < -0.3 is 14.7 Å². The molecular formula is C2H3F4O4P. The van der Waals surface area contributed by atoms with E-state index in [-0.39, 0.29) is 0 Å². The molecule has 0 aliphatic rings. The van der Waals surface area contributed by atoms with E-state index in [0.29, 0.717) is 0 Å². The van der Waals surface area contributed by atoms with Gasteiger partial charge in [-0.3, -0.25) is 0 Å². The maximum Gasteiger partial charge on any atom is 0.466 e. The highest BCUT2D eigenvalue weighted by Crippen LogP contribution is 2.25. The van der Waals surface area contributed by atoms with Gasteiger partial charge in [-0.15, -0.1) is 0 Å². The van der Waals surface area contributed by atoms with E-state index < -0.39 is 20.0 Å². The van der Waals surface area contributed by atoms with Crippen LogP contribution in [-0.4, -0.2) is 14.7 Å². The minimum Gasteiger partial charge on any atom is -0.303 e. The lowest BCUT2D eigenvalue weighted by atomic mass is 11.1. The Kier molecular flexibility index (Phi) is 6.29. The molecule has 0 rings (SSSR count). The van der Waals surface area contributed by atoms with E-state index in [1.807, 2.05) is 0 Å². The molecule has 0 atom stereocenters. The minimum absolute atomic E-state index is 2.91. The Morgan fingerprint density at radius 2 is 1.00 bits per heavy atom. The van der Waals surface area contributed by atoms with Crippen LogP contribution in [0, 0.1) is 0 Å². The lowest BCUT2D eigenvalue weighted by Crippen LogP contribution is -1.66. The summed E-state index contributed by atoms with van der Waals surface area (Å²) in [4.78, 5) is 21.6. The number of hydrogen-bond acceptors (Lipinski definition) is 1. The van der Waals surface area contributed by atoms with Crippen LogP contribution in [0.15, 0.2) is 12.2 Å². The van der Waals surface area contributed by atoms with Gasteiger partial charge >= 0.3 is 20.0 Å². The number of halogens is 4. The van der Waals surface area contributed by atoms with Gasteiger partial charge in [0.25, 0.3) is 0 Å². The van der Waals surface area contributed by atoms with Crippen molar-refractivity contribution in [3.63, 3.8) is 0 Å². The summed E-state index contributed by atoms with van der Waals surface area (Å²) in [7, 11) is -4.64. The van der Waals surface area contributed by atoms with Crippen molar-refractivity contribution in [2.24, 2.45) is 0 Å². The second-order valence-corrected chi connectivity index (χ2v) is 2.06. The third kappa shape index (κ3) is 43.0. The molecule has 0 aromatic heterocycles. The molecule has 11 heavy (non-hydrogen) atoms. The molecule has 4 nitrogen and oxygen atoms in total. The quantitative estimate of drug-likeness (QED) is 0.401. The van der Waals surface area contributed by atoms with Gasteiger partial charge in [-0.25, -0.2) is 4.57 Å². The lowest BCUT2D eigenvalue weighted by Gasteiger charge is -1.82. The fourth-order valence-electron chi connectivity index (χ4n) is 0. The number of rotatable bonds is 0. The van der Waals surface area contributed by atoms with Crippen LogP contribution in [0.5, 0.6) is 0 Å². The van der Waals surface area contributed by atoms with E-state index >= 15 is 0 Å². The van der Waals surface area contributed by atoms with Gasteiger partial charge in [0.2, 0.25) is 0 Å². The maximum absolute atomic E-state index is 10.3. The molecule has 0 aliphatic heterocycles. The van der Waals surface area contributed by atoms with Crippen LogP contribution in [0.2, 0.25) is 0 Å². The SMILES string of the molecule is FC(F)=C(F)F.O=P(O)(O)O. The third-order valence-corrected chi connectivity index (χ3v) is 0.143. The van der Waals surface area contributed by atoms with Gasteiger partial charge in [-0.05, 0) is 0 Å². The Morgan fingerprint density at radius 3 is 1.00 bits per heavy atom. The van der Waals surface area contributed by atoms with Crippen molar-refractivity contribution in [3.05, 3.63) is 12.2 Å². The van der Waals surface area contributed by atoms with Gasteiger partial charge in [0.05, 0.1) is 0 Å². The summed E-state index contributed by atoms with van der Waals surface area (Å²) in [6, 6.07) is 0. The number of phosphoric acid groups is 1. The van der Waals surface area contributed by atoms with Crippen LogP contribution in [0.1, 0.15) is 0 Å². The summed E-state index contributed by atoms with van der Waals surface area (Å²) < 4.78 is 50.0. The zero-order chi connectivity index (χ0) is 9.65. The normalized spacial score (nSPS) is 9.73. The highest BCUT2D eigenvalue weighted by molar-refractivity contribution is 7.45. The summed E-state index contributed by atoms with van der Waals surface area (Å²) >= 11 is 0. The van der Waals surface area contributed by atoms with Gasteiger partial charge in [0.15, 0.2) is 0 Å². The van der Waals surface area contributed by atoms with Crippen molar-refractivity contribution in [2.75, 3.05) is 0 Å². The van der Waals surface area contributed by atoms with Crippen LogP contribution in [0.25, 0.3) is 0 Å². The average molecular weight is 198 g/mol. The van der Waals surface area contributed by atoms with E-state index in [2.05, 4.69) is 0 Å². The molecule has 3 N–H and O–H groups in total. The Hall–Kier alpha value is -0.430. The molecular weight excluding hydrogens is 195 g/mol. The molecule has 9 heteroatoms. The molecule has 0 aliphatic carbocycles. The predicted octanol–water partition coefficient (Wildman–Crippen LogP) is 1.06. The minimum atomic E-state index is -4.64. The first-order chi connectivity index (χ1) is 4.64. The van der Waals surface area contributed by atoms with Crippen molar-refractivity contribution in [1.29, 1.82) is 0 Å². The Labute approximate surface area is 58.0 Å².